The minimum atomic E-state index is -0.480. The van der Waals surface area contributed by atoms with Crippen LogP contribution in [0.1, 0.15) is 13.8 Å². The second-order valence-electron chi connectivity index (χ2n) is 2.72. The van der Waals surface area contributed by atoms with Crippen LogP contribution in [0.5, 0.6) is 5.75 Å². The summed E-state index contributed by atoms with van der Waals surface area (Å²) in [5, 5.41) is 3.76. The third-order valence-electron chi connectivity index (χ3n) is 1.11. The Labute approximate surface area is 112 Å². The van der Waals surface area contributed by atoms with Crippen molar-refractivity contribution in [1.82, 2.24) is 0 Å². The summed E-state index contributed by atoms with van der Waals surface area (Å²) in [7, 11) is -0.480. The SMILES string of the molecule is CC(C)Oc1ccccc1.[CH2]=[Ru]([I])[I]. The van der Waals surface area contributed by atoms with Gasteiger partial charge in [-0.05, 0) is 26.0 Å². The van der Waals surface area contributed by atoms with Crippen LogP contribution in [0.15, 0.2) is 30.3 Å². The van der Waals surface area contributed by atoms with Gasteiger partial charge in [0, 0.05) is 0 Å². The number of halogens is 2. The number of ether oxygens (including phenoxy) is 1. The molecule has 0 bridgehead atoms. The van der Waals surface area contributed by atoms with Gasteiger partial charge in [-0.2, -0.15) is 0 Å². The molecule has 0 N–H and O–H groups in total. The predicted octanol–water partition coefficient (Wildman–Crippen LogP) is 4.21. The van der Waals surface area contributed by atoms with Crippen molar-refractivity contribution in [3.8, 4) is 5.75 Å². The summed E-state index contributed by atoms with van der Waals surface area (Å²) in [6.45, 7) is 4.04. The Hall–Kier alpha value is 0.973. The van der Waals surface area contributed by atoms with Crippen molar-refractivity contribution in [2.75, 3.05) is 0 Å². The van der Waals surface area contributed by atoms with Gasteiger partial charge in [0.2, 0.25) is 0 Å². The molecule has 1 nitrogen and oxygen atoms in total. The van der Waals surface area contributed by atoms with Crippen LogP contribution in [0.2, 0.25) is 0 Å². The third-order valence-corrected chi connectivity index (χ3v) is 1.11. The van der Waals surface area contributed by atoms with Gasteiger partial charge in [-0.25, -0.2) is 0 Å². The molecule has 0 aliphatic rings. The first kappa shape index (κ1) is 15.0. The maximum atomic E-state index is 5.41. The van der Waals surface area contributed by atoms with Crippen LogP contribution in [-0.2, 0) is 8.47 Å². The van der Waals surface area contributed by atoms with Crippen LogP contribution in [0.3, 0.4) is 0 Å². The van der Waals surface area contributed by atoms with Crippen molar-refractivity contribution in [2.45, 2.75) is 20.0 Å². The van der Waals surface area contributed by atoms with Gasteiger partial charge in [-0.1, -0.05) is 18.2 Å². The van der Waals surface area contributed by atoms with E-state index in [9.17, 15) is 0 Å². The summed E-state index contributed by atoms with van der Waals surface area (Å²) in [6, 6.07) is 9.84. The van der Waals surface area contributed by atoms with Gasteiger partial charge in [0.15, 0.2) is 0 Å². The van der Waals surface area contributed by atoms with Crippen LogP contribution in [0, 0.1) is 0 Å². The second-order valence-corrected chi connectivity index (χ2v) is 23.4. The first-order valence-electron chi connectivity index (χ1n) is 4.02. The van der Waals surface area contributed by atoms with Gasteiger partial charge in [0.05, 0.1) is 6.10 Å². The molecule has 0 radical (unpaired) electrons. The Bertz CT molecular complexity index is 258. The molecular weight excluding hydrogens is 491 g/mol. The average Bonchev–Trinajstić information content (AvgIpc) is 2.03. The normalized spacial score (nSPS) is 10.2. The first-order valence-corrected chi connectivity index (χ1v) is 15.6. The summed E-state index contributed by atoms with van der Waals surface area (Å²) < 4.78 is 5.41. The summed E-state index contributed by atoms with van der Waals surface area (Å²) in [5.74, 6) is 0.942. The number of para-hydroxylation sites is 1. The minimum absolute atomic E-state index is 0.266. The molecule has 14 heavy (non-hydrogen) atoms. The summed E-state index contributed by atoms with van der Waals surface area (Å²) in [6.07, 6.45) is 0.266. The number of rotatable bonds is 2. The van der Waals surface area contributed by atoms with E-state index in [4.69, 9.17) is 4.74 Å². The molecule has 0 saturated heterocycles. The van der Waals surface area contributed by atoms with Crippen molar-refractivity contribution < 1.29 is 13.2 Å². The Morgan fingerprint density at radius 3 is 2.00 bits per heavy atom. The molecule has 1 rings (SSSR count). The van der Waals surface area contributed by atoms with E-state index in [0.29, 0.717) is 0 Å². The molecule has 1 aromatic carbocycles. The van der Waals surface area contributed by atoms with Gasteiger partial charge in [0.1, 0.15) is 5.75 Å². The Morgan fingerprint density at radius 2 is 1.64 bits per heavy atom. The molecule has 1 aromatic rings. The van der Waals surface area contributed by atoms with E-state index in [2.05, 4.69) is 44.6 Å². The zero-order chi connectivity index (χ0) is 11.0. The van der Waals surface area contributed by atoms with E-state index in [0.717, 1.165) is 5.75 Å². The number of benzene rings is 1. The van der Waals surface area contributed by atoms with Gasteiger partial charge in [-0.15, -0.1) is 0 Å². The Kier molecular flexibility index (Phi) is 9.86. The van der Waals surface area contributed by atoms with E-state index in [1.807, 2.05) is 44.2 Å². The Morgan fingerprint density at radius 1 is 1.21 bits per heavy atom. The molecule has 0 aliphatic carbocycles. The van der Waals surface area contributed by atoms with E-state index < -0.39 is 8.47 Å². The van der Waals surface area contributed by atoms with Crippen LogP contribution < -0.4 is 4.74 Å². The third kappa shape index (κ3) is 11.1. The molecule has 0 aromatic heterocycles. The molecule has 0 saturated carbocycles. The quantitative estimate of drug-likeness (QED) is 0.433. The summed E-state index contributed by atoms with van der Waals surface area (Å²) in [4.78, 5) is 0. The second kappa shape index (κ2) is 9.22. The fourth-order valence-corrected chi connectivity index (χ4v) is 0.771. The molecule has 0 heterocycles. The van der Waals surface area contributed by atoms with Crippen molar-refractivity contribution in [3.05, 3.63) is 30.3 Å². The predicted molar refractivity (Wildman–Crippen MR) is 77.4 cm³/mol. The molecule has 0 fully saturated rings. The molecule has 0 atom stereocenters. The average molecular weight is 505 g/mol. The van der Waals surface area contributed by atoms with E-state index in [1.165, 1.54) is 0 Å². The Balaban J connectivity index is 0.000000364. The zero-order valence-electron chi connectivity index (χ0n) is 8.19. The first-order chi connectivity index (χ1) is 6.52. The number of hydrogen-bond acceptors (Lipinski definition) is 1. The monoisotopic (exact) mass is 506 g/mol. The van der Waals surface area contributed by atoms with Gasteiger partial charge < -0.3 is 4.74 Å². The molecular formula is C10H14I2ORu. The van der Waals surface area contributed by atoms with Gasteiger partial charge in [0.25, 0.3) is 0 Å². The molecule has 82 valence electrons. The van der Waals surface area contributed by atoms with Crippen molar-refractivity contribution in [2.24, 2.45) is 0 Å². The van der Waals surface area contributed by atoms with E-state index >= 15 is 0 Å². The maximum absolute atomic E-state index is 5.41. The molecule has 4 heteroatoms. The van der Waals surface area contributed by atoms with Crippen LogP contribution in [0.25, 0.3) is 0 Å². The fourth-order valence-electron chi connectivity index (χ4n) is 0.771. The van der Waals surface area contributed by atoms with Gasteiger partial charge in [-0.3, -0.25) is 0 Å². The van der Waals surface area contributed by atoms with Crippen molar-refractivity contribution in [3.63, 3.8) is 0 Å². The van der Waals surface area contributed by atoms with E-state index in [1.54, 1.807) is 0 Å². The van der Waals surface area contributed by atoms with Crippen molar-refractivity contribution >= 4 is 44.6 Å². The number of hydrogen-bond donors (Lipinski definition) is 0. The molecule has 0 spiro atoms. The topological polar surface area (TPSA) is 9.23 Å². The van der Waals surface area contributed by atoms with Crippen molar-refractivity contribution in [1.29, 1.82) is 0 Å². The zero-order valence-corrected chi connectivity index (χ0v) is 14.2. The standard InChI is InChI=1S/C9H12O.CH2.2HI.Ru/c1-8(2)10-9-6-4-3-5-7-9;;;;/h3-8H,1-2H3;1H2;2*1H;/q;;;;+2/p-2. The molecule has 0 amide bonds. The van der Waals surface area contributed by atoms with Crippen LogP contribution >= 0.6 is 39.5 Å². The summed E-state index contributed by atoms with van der Waals surface area (Å²) in [5.41, 5.74) is 0. The fraction of sp³-hybridized carbons (Fsp3) is 0.300. The molecule has 0 aliphatic heterocycles. The summed E-state index contributed by atoms with van der Waals surface area (Å²) >= 11 is 4.72. The van der Waals surface area contributed by atoms with Crippen LogP contribution in [-0.4, -0.2) is 11.2 Å². The van der Waals surface area contributed by atoms with E-state index in [-0.39, 0.29) is 6.10 Å². The van der Waals surface area contributed by atoms with Gasteiger partial charge >= 0.3 is 53.1 Å². The molecule has 0 unspecified atom stereocenters. The van der Waals surface area contributed by atoms with Crippen LogP contribution in [0.4, 0.5) is 0 Å².